The van der Waals surface area contributed by atoms with Crippen molar-refractivity contribution in [2.45, 2.75) is 0 Å². The monoisotopic (exact) mass is 890 g/mol. The molecule has 0 bridgehead atoms. The second-order valence-electron chi connectivity index (χ2n) is 18.0. The van der Waals surface area contributed by atoms with Crippen LogP contribution in [0.3, 0.4) is 0 Å². The number of aromatic nitrogens is 1. The smallest absolute Gasteiger partial charge is 0.0547 e. The van der Waals surface area contributed by atoms with E-state index in [2.05, 4.69) is 289 Å². The van der Waals surface area contributed by atoms with Crippen LogP contribution in [0.5, 0.6) is 0 Å². The Kier molecular flexibility index (Phi) is 10.2. The van der Waals surface area contributed by atoms with Gasteiger partial charge in [0.2, 0.25) is 0 Å². The molecule has 0 aliphatic heterocycles. The molecule has 2 nitrogen and oxygen atoms in total. The number of hydrogen-bond donors (Lipinski definition) is 0. The molecule has 0 spiro atoms. The molecule has 0 amide bonds. The highest BCUT2D eigenvalue weighted by atomic mass is 15.1. The number of hydrogen-bond acceptors (Lipinski definition) is 1. The van der Waals surface area contributed by atoms with Crippen molar-refractivity contribution in [2.24, 2.45) is 0 Å². The zero-order valence-electron chi connectivity index (χ0n) is 38.5. The molecule has 1 aromatic heterocycles. The van der Waals surface area contributed by atoms with Crippen LogP contribution in [0.2, 0.25) is 0 Å². The fraction of sp³-hybridized carbons (Fsp3) is 0. The van der Waals surface area contributed by atoms with Crippen LogP contribution in [0.15, 0.2) is 279 Å². The van der Waals surface area contributed by atoms with Gasteiger partial charge in [0.25, 0.3) is 0 Å². The van der Waals surface area contributed by atoms with Gasteiger partial charge in [0, 0.05) is 33.5 Å². The first kappa shape index (κ1) is 41.0. The number of fused-ring (bicyclic) bond motifs is 6. The Bertz CT molecular complexity index is 4010. The number of anilines is 3. The summed E-state index contributed by atoms with van der Waals surface area (Å²) >= 11 is 0. The van der Waals surface area contributed by atoms with E-state index in [-0.39, 0.29) is 0 Å². The van der Waals surface area contributed by atoms with Crippen molar-refractivity contribution >= 4 is 60.4 Å². The second-order valence-corrected chi connectivity index (χ2v) is 18.0. The second kappa shape index (κ2) is 17.4. The Balaban J connectivity index is 0.953. The molecule has 0 saturated heterocycles. The molecule has 0 unspecified atom stereocenters. The molecule has 0 atom stereocenters. The summed E-state index contributed by atoms with van der Waals surface area (Å²) in [5, 5.41) is 7.49. The fourth-order valence-electron chi connectivity index (χ4n) is 10.8. The Morgan fingerprint density at radius 3 is 1.36 bits per heavy atom. The summed E-state index contributed by atoms with van der Waals surface area (Å²) in [4.78, 5) is 2.39. The maximum Gasteiger partial charge on any atom is 0.0547 e. The van der Waals surface area contributed by atoms with Crippen LogP contribution in [-0.4, -0.2) is 4.57 Å². The quantitative estimate of drug-likeness (QED) is 0.131. The number of rotatable bonds is 9. The van der Waals surface area contributed by atoms with E-state index in [9.17, 15) is 0 Å². The maximum atomic E-state index is 2.41. The van der Waals surface area contributed by atoms with Crippen molar-refractivity contribution in [3.05, 3.63) is 279 Å². The highest BCUT2D eigenvalue weighted by Crippen LogP contribution is 2.47. The first-order valence-corrected chi connectivity index (χ1v) is 24.1. The van der Waals surface area contributed by atoms with Crippen molar-refractivity contribution in [3.8, 4) is 61.3 Å². The van der Waals surface area contributed by atoms with Crippen LogP contribution in [0.4, 0.5) is 17.1 Å². The zero-order valence-corrected chi connectivity index (χ0v) is 38.5. The van der Waals surface area contributed by atoms with Crippen LogP contribution in [0.25, 0.3) is 105 Å². The fourth-order valence-corrected chi connectivity index (χ4v) is 10.8. The highest BCUT2D eigenvalue weighted by molar-refractivity contribution is 6.22. The molecule has 0 N–H and O–H groups in total. The van der Waals surface area contributed by atoms with Crippen molar-refractivity contribution < 1.29 is 0 Å². The molecule has 0 saturated carbocycles. The van der Waals surface area contributed by atoms with E-state index in [4.69, 9.17) is 0 Å². The molecular weight excluding hydrogens is 845 g/mol. The zero-order chi connectivity index (χ0) is 46.4. The molecule has 0 aliphatic carbocycles. The molecule has 13 aromatic rings. The minimum absolute atomic E-state index is 1.08. The molecule has 70 heavy (non-hydrogen) atoms. The number of nitrogens with zero attached hydrogens (tertiary/aromatic N) is 2. The van der Waals surface area contributed by atoms with Gasteiger partial charge in [0.1, 0.15) is 0 Å². The normalized spacial score (nSPS) is 11.4. The third-order valence-corrected chi connectivity index (χ3v) is 14.0. The minimum Gasteiger partial charge on any atom is -0.310 e. The highest BCUT2D eigenvalue weighted by Gasteiger charge is 2.21. The average Bonchev–Trinajstić information content (AvgIpc) is 3.79. The lowest BCUT2D eigenvalue weighted by atomic mass is 9.84. The van der Waals surface area contributed by atoms with Crippen LogP contribution < -0.4 is 4.90 Å². The lowest BCUT2D eigenvalue weighted by Crippen LogP contribution is -2.10. The minimum atomic E-state index is 1.08. The Labute approximate surface area is 408 Å². The molecule has 0 aliphatic rings. The van der Waals surface area contributed by atoms with Gasteiger partial charge in [-0.15, -0.1) is 0 Å². The number of para-hydroxylation sites is 2. The first-order valence-electron chi connectivity index (χ1n) is 24.1. The van der Waals surface area contributed by atoms with E-state index < -0.39 is 0 Å². The van der Waals surface area contributed by atoms with Crippen LogP contribution in [0.1, 0.15) is 0 Å². The largest absolute Gasteiger partial charge is 0.310 e. The lowest BCUT2D eigenvalue weighted by Gasteiger charge is -2.26. The van der Waals surface area contributed by atoms with Crippen LogP contribution in [0, 0.1) is 0 Å². The third kappa shape index (κ3) is 7.13. The lowest BCUT2D eigenvalue weighted by molar-refractivity contribution is 1.18. The van der Waals surface area contributed by atoms with Crippen molar-refractivity contribution in [2.75, 3.05) is 4.90 Å². The predicted molar refractivity (Wildman–Crippen MR) is 298 cm³/mol. The SMILES string of the molecule is c1ccc(-c2ccc(N(c3ccc(-c4ccc5c(c4)c(-c4ccccc4)c(-c4ccccc4)c4ccccc45)cc3)c3cccc(-c4cccc5c4c4ccccc4n5-c4ccccc4)c3)cc2)cc1. The van der Waals surface area contributed by atoms with Gasteiger partial charge in [-0.1, -0.05) is 212 Å². The molecule has 2 heteroatoms. The topological polar surface area (TPSA) is 8.17 Å². The van der Waals surface area contributed by atoms with E-state index >= 15 is 0 Å². The van der Waals surface area contributed by atoms with Gasteiger partial charge in [-0.3, -0.25) is 0 Å². The standard InChI is InChI=1S/C68H46N2/c1-5-19-47(20-6-1)48-35-40-55(41-36-48)69(57-28-17-25-53(45-57)58-32-18-34-65-68(58)62-31-15-16-33-64(62)70(65)54-26-11-4-12-27-54)56-42-37-49(38-43-56)52-39-44-60-59-29-13-14-30-61(59)66(50-21-7-2-8-22-50)67(63(60)46-52)51-23-9-3-10-24-51/h1-46H. The molecule has 0 radical (unpaired) electrons. The predicted octanol–water partition coefficient (Wildman–Crippen LogP) is 18.9. The summed E-state index contributed by atoms with van der Waals surface area (Å²) in [5.41, 5.74) is 18.8. The average molecular weight is 891 g/mol. The van der Waals surface area contributed by atoms with Gasteiger partial charge in [-0.05, 0) is 144 Å². The summed E-state index contributed by atoms with van der Waals surface area (Å²) in [6.07, 6.45) is 0. The Morgan fingerprint density at radius 2 is 0.700 bits per heavy atom. The molecular formula is C68H46N2. The van der Waals surface area contributed by atoms with E-state index in [1.54, 1.807) is 0 Å². The Hall–Kier alpha value is -9.24. The van der Waals surface area contributed by atoms with Crippen molar-refractivity contribution in [1.29, 1.82) is 0 Å². The summed E-state index contributed by atoms with van der Waals surface area (Å²) in [6, 6.07) is 102. The van der Waals surface area contributed by atoms with Crippen molar-refractivity contribution in [1.82, 2.24) is 4.57 Å². The van der Waals surface area contributed by atoms with E-state index in [0.717, 1.165) is 33.9 Å². The molecule has 13 rings (SSSR count). The number of benzene rings is 12. The van der Waals surface area contributed by atoms with E-state index in [1.165, 1.54) is 87.9 Å². The van der Waals surface area contributed by atoms with E-state index in [1.807, 2.05) is 0 Å². The van der Waals surface area contributed by atoms with Gasteiger partial charge < -0.3 is 9.47 Å². The molecule has 12 aromatic carbocycles. The third-order valence-electron chi connectivity index (χ3n) is 14.0. The van der Waals surface area contributed by atoms with Crippen molar-refractivity contribution in [3.63, 3.8) is 0 Å². The van der Waals surface area contributed by atoms with Gasteiger partial charge >= 0.3 is 0 Å². The van der Waals surface area contributed by atoms with E-state index in [0.29, 0.717) is 0 Å². The molecule has 1 heterocycles. The molecule has 328 valence electrons. The van der Waals surface area contributed by atoms with Gasteiger partial charge in [0.15, 0.2) is 0 Å². The first-order chi connectivity index (χ1) is 34.7. The van der Waals surface area contributed by atoms with Gasteiger partial charge in [-0.25, -0.2) is 0 Å². The van der Waals surface area contributed by atoms with Gasteiger partial charge in [0.05, 0.1) is 11.0 Å². The Morgan fingerprint density at radius 1 is 0.243 bits per heavy atom. The summed E-state index contributed by atoms with van der Waals surface area (Å²) in [7, 11) is 0. The van der Waals surface area contributed by atoms with Gasteiger partial charge in [-0.2, -0.15) is 0 Å². The summed E-state index contributed by atoms with van der Waals surface area (Å²) in [6.45, 7) is 0. The summed E-state index contributed by atoms with van der Waals surface area (Å²) < 4.78 is 2.39. The molecule has 0 fully saturated rings. The summed E-state index contributed by atoms with van der Waals surface area (Å²) in [5.74, 6) is 0. The maximum absolute atomic E-state index is 2.41. The van der Waals surface area contributed by atoms with Crippen LogP contribution in [-0.2, 0) is 0 Å². The van der Waals surface area contributed by atoms with Crippen LogP contribution >= 0.6 is 0 Å².